The standard InChI is InChI=1S/C30H21F4N3O5S2/c1-42-20-11-5-15(6-12-20)22-23-24(27(40)37(26(23)39)19-9-7-17(31)8-10-19)43-28-25(22)44-29(41)36(28)14-21(38)35-18-4-2-3-16(13-18)30(32,33)34/h2-13,22-24H,14H2,1H3,(H,35,38). The second kappa shape index (κ2) is 11.2. The van der Waals surface area contributed by atoms with E-state index in [9.17, 15) is 36.7 Å². The van der Waals surface area contributed by atoms with Gasteiger partial charge in [-0.2, -0.15) is 13.2 Å². The van der Waals surface area contributed by atoms with Gasteiger partial charge in [-0.15, -0.1) is 0 Å². The van der Waals surface area contributed by atoms with Crippen LogP contribution in [-0.2, 0) is 27.1 Å². The normalized spacial score (nSPS) is 19.5. The van der Waals surface area contributed by atoms with Crippen LogP contribution in [0.15, 0.2) is 82.6 Å². The first-order valence-corrected chi connectivity index (χ1v) is 14.8. The van der Waals surface area contributed by atoms with Gasteiger partial charge in [0.2, 0.25) is 17.7 Å². The highest BCUT2D eigenvalue weighted by Crippen LogP contribution is 2.54. The summed E-state index contributed by atoms with van der Waals surface area (Å²) >= 11 is 1.81. The Kier molecular flexibility index (Phi) is 7.58. The Morgan fingerprint density at radius 2 is 1.68 bits per heavy atom. The molecule has 4 aromatic rings. The highest BCUT2D eigenvalue weighted by atomic mass is 32.2. The van der Waals surface area contributed by atoms with Gasteiger partial charge in [-0.05, 0) is 60.2 Å². The van der Waals surface area contributed by atoms with Crippen molar-refractivity contribution in [2.45, 2.75) is 28.9 Å². The summed E-state index contributed by atoms with van der Waals surface area (Å²) in [5.41, 5.74) is -0.214. The lowest BCUT2D eigenvalue weighted by atomic mass is 9.83. The number of hydrogen-bond acceptors (Lipinski definition) is 7. The van der Waals surface area contributed by atoms with Crippen molar-refractivity contribution < 1.29 is 36.7 Å². The molecule has 1 saturated heterocycles. The van der Waals surface area contributed by atoms with Gasteiger partial charge in [0.25, 0.3) is 0 Å². The molecule has 0 spiro atoms. The molecule has 3 unspecified atom stereocenters. The molecular formula is C30H21F4N3O5S2. The highest BCUT2D eigenvalue weighted by molar-refractivity contribution is 8.00. The molecule has 2 aliphatic heterocycles. The van der Waals surface area contributed by atoms with E-state index in [1.807, 2.05) is 0 Å². The van der Waals surface area contributed by atoms with E-state index in [1.54, 1.807) is 24.3 Å². The molecule has 1 aromatic heterocycles. The van der Waals surface area contributed by atoms with Crippen molar-refractivity contribution in [2.24, 2.45) is 5.92 Å². The molecule has 1 fully saturated rings. The summed E-state index contributed by atoms with van der Waals surface area (Å²) in [7, 11) is 1.50. The van der Waals surface area contributed by atoms with Crippen molar-refractivity contribution in [1.82, 2.24) is 4.57 Å². The minimum Gasteiger partial charge on any atom is -0.497 e. The smallest absolute Gasteiger partial charge is 0.416 e. The van der Waals surface area contributed by atoms with Crippen molar-refractivity contribution >= 4 is 52.2 Å². The maximum Gasteiger partial charge on any atom is 0.416 e. The summed E-state index contributed by atoms with van der Waals surface area (Å²) in [6.07, 6.45) is -4.61. The minimum atomic E-state index is -4.61. The van der Waals surface area contributed by atoms with Crippen LogP contribution in [0.3, 0.4) is 0 Å². The third-order valence-corrected chi connectivity index (χ3v) is 9.99. The average molecular weight is 644 g/mol. The van der Waals surface area contributed by atoms with Gasteiger partial charge >= 0.3 is 11.0 Å². The predicted octanol–water partition coefficient (Wildman–Crippen LogP) is 5.51. The van der Waals surface area contributed by atoms with Crippen LogP contribution in [-0.4, -0.2) is 34.6 Å². The number of imide groups is 1. The largest absolute Gasteiger partial charge is 0.497 e. The number of thioether (sulfide) groups is 1. The molecule has 3 amide bonds. The van der Waals surface area contributed by atoms with Gasteiger partial charge in [0.1, 0.15) is 23.4 Å². The van der Waals surface area contributed by atoms with Crippen molar-refractivity contribution in [2.75, 3.05) is 17.3 Å². The molecule has 0 radical (unpaired) electrons. The van der Waals surface area contributed by atoms with E-state index < -0.39 is 63.8 Å². The Hall–Kier alpha value is -4.43. The van der Waals surface area contributed by atoms with Gasteiger partial charge in [-0.1, -0.05) is 41.3 Å². The summed E-state index contributed by atoms with van der Waals surface area (Å²) in [6.45, 7) is -0.537. The topological polar surface area (TPSA) is 97.7 Å². The molecule has 44 heavy (non-hydrogen) atoms. The van der Waals surface area contributed by atoms with E-state index in [1.165, 1.54) is 29.9 Å². The van der Waals surface area contributed by atoms with Crippen LogP contribution >= 0.6 is 23.1 Å². The van der Waals surface area contributed by atoms with Crippen LogP contribution in [0.1, 0.15) is 21.9 Å². The van der Waals surface area contributed by atoms with Crippen molar-refractivity contribution in [3.8, 4) is 5.75 Å². The van der Waals surface area contributed by atoms with E-state index in [0.29, 0.717) is 21.2 Å². The molecular weight excluding hydrogens is 622 g/mol. The summed E-state index contributed by atoms with van der Waals surface area (Å²) in [6, 6.07) is 15.9. The third-order valence-electron chi connectivity index (χ3n) is 7.38. The molecule has 0 bridgehead atoms. The van der Waals surface area contributed by atoms with Crippen molar-refractivity contribution in [1.29, 1.82) is 0 Å². The molecule has 1 N–H and O–H groups in total. The number of aromatic nitrogens is 1. The number of rotatable bonds is 6. The number of thiazole rings is 1. The molecule has 2 aliphatic rings. The van der Waals surface area contributed by atoms with Crippen LogP contribution in [0.2, 0.25) is 0 Å². The van der Waals surface area contributed by atoms with E-state index in [4.69, 9.17) is 4.74 Å². The molecule has 3 atom stereocenters. The molecule has 14 heteroatoms. The number of anilines is 2. The fourth-order valence-corrected chi connectivity index (χ4v) is 8.16. The molecule has 6 rings (SSSR count). The van der Waals surface area contributed by atoms with Crippen molar-refractivity contribution in [3.05, 3.63) is 104 Å². The predicted molar refractivity (Wildman–Crippen MR) is 156 cm³/mol. The Bertz CT molecular complexity index is 1840. The van der Waals surface area contributed by atoms with E-state index in [0.717, 1.165) is 58.3 Å². The zero-order valence-corrected chi connectivity index (χ0v) is 24.3. The number of nitrogens with zero attached hydrogens (tertiary/aromatic N) is 2. The fraction of sp³-hybridized carbons (Fsp3) is 0.200. The van der Waals surface area contributed by atoms with Gasteiger partial charge in [-0.3, -0.25) is 23.7 Å². The van der Waals surface area contributed by atoms with Crippen LogP contribution in [0.4, 0.5) is 28.9 Å². The average Bonchev–Trinajstić information content (AvgIpc) is 3.43. The third kappa shape index (κ3) is 5.28. The number of fused-ring (bicyclic) bond motifs is 2. The number of benzene rings is 3. The van der Waals surface area contributed by atoms with Gasteiger partial charge in [0, 0.05) is 16.5 Å². The molecule has 8 nitrogen and oxygen atoms in total. The van der Waals surface area contributed by atoms with Gasteiger partial charge in [0.15, 0.2) is 0 Å². The zero-order chi connectivity index (χ0) is 31.3. The highest BCUT2D eigenvalue weighted by Gasteiger charge is 2.56. The maximum atomic E-state index is 13.9. The minimum absolute atomic E-state index is 0.0997. The number of amides is 3. The first kappa shape index (κ1) is 29.6. The Balaban J connectivity index is 1.38. The molecule has 3 heterocycles. The summed E-state index contributed by atoms with van der Waals surface area (Å²) in [5, 5.41) is 1.74. The molecule has 3 aromatic carbocycles. The van der Waals surface area contributed by atoms with Crippen molar-refractivity contribution in [3.63, 3.8) is 0 Å². The number of halogens is 4. The quantitative estimate of drug-likeness (QED) is 0.220. The van der Waals surface area contributed by atoms with E-state index in [-0.39, 0.29) is 11.4 Å². The lowest BCUT2D eigenvalue weighted by Gasteiger charge is -2.30. The second-order valence-corrected chi connectivity index (χ2v) is 12.2. The maximum absolute atomic E-state index is 13.9. The summed E-state index contributed by atoms with van der Waals surface area (Å²) in [5.74, 6) is -3.46. The lowest BCUT2D eigenvalue weighted by molar-refractivity contribution is -0.137. The Morgan fingerprint density at radius 3 is 2.34 bits per heavy atom. The van der Waals surface area contributed by atoms with Gasteiger partial charge < -0.3 is 10.1 Å². The van der Waals surface area contributed by atoms with Gasteiger partial charge in [-0.25, -0.2) is 9.29 Å². The zero-order valence-electron chi connectivity index (χ0n) is 22.6. The number of hydrogen-bond donors (Lipinski definition) is 1. The number of ether oxygens (including phenoxy) is 1. The summed E-state index contributed by atoms with van der Waals surface area (Å²) in [4.78, 5) is 54.8. The van der Waals surface area contributed by atoms with Crippen LogP contribution in [0.25, 0.3) is 0 Å². The monoisotopic (exact) mass is 643 g/mol. The number of alkyl halides is 3. The summed E-state index contributed by atoms with van der Waals surface area (Å²) < 4.78 is 59.5. The molecule has 226 valence electrons. The molecule has 0 aliphatic carbocycles. The van der Waals surface area contributed by atoms with E-state index >= 15 is 0 Å². The number of nitrogens with one attached hydrogen (secondary N) is 1. The van der Waals surface area contributed by atoms with Crippen LogP contribution in [0.5, 0.6) is 5.75 Å². The van der Waals surface area contributed by atoms with Gasteiger partial charge in [0.05, 0.1) is 29.3 Å². The number of carbonyl (C=O) groups excluding carboxylic acids is 3. The first-order chi connectivity index (χ1) is 21.0. The van der Waals surface area contributed by atoms with Crippen LogP contribution < -0.4 is 19.8 Å². The first-order valence-electron chi connectivity index (χ1n) is 13.1. The fourth-order valence-electron chi connectivity index (χ4n) is 5.39. The second-order valence-electron chi connectivity index (χ2n) is 10.1. The Morgan fingerprint density at radius 1 is 0.977 bits per heavy atom. The van der Waals surface area contributed by atoms with Crippen LogP contribution in [0, 0.1) is 11.7 Å². The molecule has 0 saturated carbocycles. The number of methoxy groups -OCH3 is 1. The SMILES string of the molecule is COc1ccc(C2c3sc(=O)n(CC(=O)Nc4cccc(C(F)(F)F)c4)c3SC3C(=O)N(c4ccc(F)cc4)C(=O)C32)cc1. The number of carbonyl (C=O) groups is 3. The lowest BCUT2D eigenvalue weighted by Crippen LogP contribution is -2.33. The Labute approximate surface area is 255 Å². The van der Waals surface area contributed by atoms with E-state index in [2.05, 4.69) is 5.32 Å².